The van der Waals surface area contributed by atoms with Gasteiger partial charge in [0.25, 0.3) is 0 Å². The zero-order chi connectivity index (χ0) is 31.3. The summed E-state index contributed by atoms with van der Waals surface area (Å²) in [5.74, 6) is 2.90. The molecule has 10 rings (SSSR count). The molecule has 5 unspecified atom stereocenters. The molecular formula is C46H40O. The molecule has 1 aromatic heterocycles. The van der Waals surface area contributed by atoms with Crippen LogP contribution < -0.4 is 0 Å². The first-order valence-corrected chi connectivity index (χ1v) is 17.8. The Hall–Kier alpha value is -4.62. The Morgan fingerprint density at radius 3 is 2.19 bits per heavy atom. The van der Waals surface area contributed by atoms with Crippen molar-refractivity contribution in [3.8, 4) is 33.4 Å². The van der Waals surface area contributed by atoms with Gasteiger partial charge in [0.2, 0.25) is 0 Å². The first-order chi connectivity index (χ1) is 23.1. The summed E-state index contributed by atoms with van der Waals surface area (Å²) in [6.45, 7) is 4.99. The summed E-state index contributed by atoms with van der Waals surface area (Å²) in [5.41, 5.74) is 13.1. The van der Waals surface area contributed by atoms with Crippen LogP contribution in [0, 0.1) is 23.7 Å². The van der Waals surface area contributed by atoms with Gasteiger partial charge in [-0.3, -0.25) is 0 Å². The molecule has 1 spiro atoms. The maximum atomic E-state index is 6.57. The predicted octanol–water partition coefficient (Wildman–Crippen LogP) is 12.8. The summed E-state index contributed by atoms with van der Waals surface area (Å²) in [7, 11) is 0. The zero-order valence-corrected chi connectivity index (χ0v) is 27.3. The number of hydrogen-bond donors (Lipinski definition) is 0. The SMILES string of the molecule is CCC1CC2CC(C)C3(c4ccc(-c5ccc6ccc(-c7ccccc7)cc6c5)cc4-c4ccc5oc6ccccc6c5c43)C(C1)C2. The van der Waals surface area contributed by atoms with Gasteiger partial charge >= 0.3 is 0 Å². The molecule has 2 fully saturated rings. The van der Waals surface area contributed by atoms with E-state index in [9.17, 15) is 0 Å². The van der Waals surface area contributed by atoms with Crippen LogP contribution in [-0.2, 0) is 5.41 Å². The van der Waals surface area contributed by atoms with Crippen LogP contribution in [0.25, 0.3) is 66.1 Å². The fraction of sp³-hybridized carbons (Fsp3) is 0.261. The molecule has 1 heteroatoms. The molecule has 230 valence electrons. The van der Waals surface area contributed by atoms with E-state index in [1.165, 1.54) is 87.0 Å². The Morgan fingerprint density at radius 2 is 1.36 bits per heavy atom. The number of benzene rings is 6. The minimum absolute atomic E-state index is 0.00760. The lowest BCUT2D eigenvalue weighted by molar-refractivity contribution is 0.0375. The summed E-state index contributed by atoms with van der Waals surface area (Å²) in [6.07, 6.45) is 6.70. The van der Waals surface area contributed by atoms with E-state index in [-0.39, 0.29) is 5.41 Å². The second kappa shape index (κ2) is 10.2. The van der Waals surface area contributed by atoms with Crippen molar-refractivity contribution in [3.63, 3.8) is 0 Å². The number of para-hydroxylation sites is 1. The van der Waals surface area contributed by atoms with Crippen molar-refractivity contribution < 1.29 is 4.42 Å². The second-order valence-corrected chi connectivity index (χ2v) is 14.9. The van der Waals surface area contributed by atoms with E-state index < -0.39 is 0 Å². The molecule has 3 aliphatic carbocycles. The van der Waals surface area contributed by atoms with Crippen LogP contribution in [0.4, 0.5) is 0 Å². The molecule has 3 aliphatic rings. The minimum Gasteiger partial charge on any atom is -0.456 e. The summed E-state index contributed by atoms with van der Waals surface area (Å²) in [4.78, 5) is 0. The summed E-state index contributed by atoms with van der Waals surface area (Å²) >= 11 is 0. The highest BCUT2D eigenvalue weighted by Crippen LogP contribution is 2.66. The lowest BCUT2D eigenvalue weighted by Gasteiger charge is -2.55. The third-order valence-corrected chi connectivity index (χ3v) is 12.6. The van der Waals surface area contributed by atoms with Gasteiger partial charge in [0, 0.05) is 16.2 Å². The highest BCUT2D eigenvalue weighted by molar-refractivity contribution is 6.11. The highest BCUT2D eigenvalue weighted by atomic mass is 16.3. The fourth-order valence-electron chi connectivity index (χ4n) is 10.6. The van der Waals surface area contributed by atoms with E-state index in [1.807, 2.05) is 0 Å². The normalized spacial score (nSPS) is 24.6. The molecule has 0 N–H and O–H groups in total. The van der Waals surface area contributed by atoms with Crippen LogP contribution in [0.15, 0.2) is 126 Å². The molecule has 2 bridgehead atoms. The van der Waals surface area contributed by atoms with Gasteiger partial charge in [0.15, 0.2) is 0 Å². The van der Waals surface area contributed by atoms with Crippen LogP contribution in [0.1, 0.15) is 57.1 Å². The van der Waals surface area contributed by atoms with Crippen molar-refractivity contribution in [2.45, 2.75) is 51.4 Å². The largest absolute Gasteiger partial charge is 0.456 e. The van der Waals surface area contributed by atoms with Crippen LogP contribution in [0.5, 0.6) is 0 Å². The van der Waals surface area contributed by atoms with Gasteiger partial charge in [0.1, 0.15) is 11.2 Å². The first kappa shape index (κ1) is 27.5. The molecule has 1 nitrogen and oxygen atoms in total. The van der Waals surface area contributed by atoms with Crippen molar-refractivity contribution >= 4 is 32.7 Å². The van der Waals surface area contributed by atoms with Crippen molar-refractivity contribution in [2.75, 3.05) is 0 Å². The topological polar surface area (TPSA) is 13.1 Å². The van der Waals surface area contributed by atoms with Gasteiger partial charge in [-0.05, 0) is 135 Å². The van der Waals surface area contributed by atoms with Crippen molar-refractivity contribution in [3.05, 3.63) is 132 Å². The zero-order valence-electron chi connectivity index (χ0n) is 27.3. The molecule has 0 saturated heterocycles. The highest BCUT2D eigenvalue weighted by Gasteiger charge is 2.57. The average molecular weight is 609 g/mol. The molecule has 0 radical (unpaired) electrons. The Morgan fingerprint density at radius 1 is 0.617 bits per heavy atom. The molecule has 47 heavy (non-hydrogen) atoms. The smallest absolute Gasteiger partial charge is 0.135 e. The Kier molecular flexibility index (Phi) is 5.96. The van der Waals surface area contributed by atoms with Gasteiger partial charge in [-0.15, -0.1) is 0 Å². The summed E-state index contributed by atoms with van der Waals surface area (Å²) < 4.78 is 6.57. The van der Waals surface area contributed by atoms with Gasteiger partial charge < -0.3 is 4.42 Å². The Labute approximate surface area is 277 Å². The van der Waals surface area contributed by atoms with E-state index in [1.54, 1.807) is 11.1 Å². The van der Waals surface area contributed by atoms with Crippen LogP contribution in [0.2, 0.25) is 0 Å². The maximum absolute atomic E-state index is 6.57. The first-order valence-electron chi connectivity index (χ1n) is 17.8. The second-order valence-electron chi connectivity index (χ2n) is 14.9. The lowest BCUT2D eigenvalue weighted by Crippen LogP contribution is -2.49. The van der Waals surface area contributed by atoms with E-state index in [0.717, 1.165) is 23.0 Å². The maximum Gasteiger partial charge on any atom is 0.135 e. The predicted molar refractivity (Wildman–Crippen MR) is 197 cm³/mol. The van der Waals surface area contributed by atoms with Crippen molar-refractivity contribution in [2.24, 2.45) is 23.7 Å². The number of hydrogen-bond acceptors (Lipinski definition) is 1. The van der Waals surface area contributed by atoms with Crippen molar-refractivity contribution in [1.29, 1.82) is 0 Å². The van der Waals surface area contributed by atoms with Gasteiger partial charge in [-0.2, -0.15) is 0 Å². The molecule has 2 saturated carbocycles. The van der Waals surface area contributed by atoms with Gasteiger partial charge in [-0.25, -0.2) is 0 Å². The monoisotopic (exact) mass is 608 g/mol. The van der Waals surface area contributed by atoms with Crippen molar-refractivity contribution in [1.82, 2.24) is 0 Å². The number of furan rings is 1. The van der Waals surface area contributed by atoms with E-state index in [0.29, 0.717) is 11.8 Å². The van der Waals surface area contributed by atoms with E-state index in [2.05, 4.69) is 135 Å². The molecule has 7 aromatic rings. The van der Waals surface area contributed by atoms with Crippen LogP contribution in [-0.4, -0.2) is 0 Å². The average Bonchev–Trinajstić information content (AvgIpc) is 3.64. The standard InChI is InChI=1S/C46H40O/c1-3-29-22-30-21-28(2)46(37(23-29)24-30)41-19-17-35(34-16-14-32-13-15-33(25-36(32)26-34)31-9-5-4-6-10-31)27-40(41)38-18-20-43-44(45(38)46)39-11-7-8-12-42(39)47-43/h4-20,25-30,37H,3,21-24H2,1-2H3. The van der Waals surface area contributed by atoms with Gasteiger partial charge in [0.05, 0.1) is 0 Å². The lowest BCUT2D eigenvalue weighted by atomic mass is 9.49. The fourth-order valence-corrected chi connectivity index (χ4v) is 10.6. The molecule has 1 heterocycles. The van der Waals surface area contributed by atoms with E-state index >= 15 is 0 Å². The van der Waals surface area contributed by atoms with Crippen LogP contribution in [0.3, 0.4) is 0 Å². The molecule has 0 aliphatic heterocycles. The van der Waals surface area contributed by atoms with E-state index in [4.69, 9.17) is 4.42 Å². The molecular weight excluding hydrogens is 569 g/mol. The third kappa shape index (κ3) is 3.89. The quantitative estimate of drug-likeness (QED) is 0.194. The number of rotatable bonds is 3. The third-order valence-electron chi connectivity index (χ3n) is 12.6. The van der Waals surface area contributed by atoms with Crippen LogP contribution >= 0.6 is 0 Å². The molecule has 0 amide bonds. The Balaban J connectivity index is 1.19. The molecule has 5 atom stereocenters. The summed E-state index contributed by atoms with van der Waals surface area (Å²) in [6, 6.07) is 45.4. The Bertz CT molecular complexity index is 2340. The number of fused-ring (bicyclic) bond motifs is 13. The van der Waals surface area contributed by atoms with Gasteiger partial charge in [-0.1, -0.05) is 111 Å². The molecule has 6 aromatic carbocycles. The summed E-state index contributed by atoms with van der Waals surface area (Å²) in [5, 5.41) is 5.20. The minimum atomic E-state index is 0.00760.